The average molecular weight is 261 g/mol. The molecule has 2 N–H and O–H groups in total. The molecule has 1 heterocycles. The van der Waals surface area contributed by atoms with Crippen molar-refractivity contribution in [3.8, 4) is 0 Å². The zero-order valence-electron chi connectivity index (χ0n) is 11.3. The fraction of sp³-hybridized carbons (Fsp3) is 0.429. The number of amides is 3. The Morgan fingerprint density at radius 2 is 1.89 bits per heavy atom. The number of hydrogen-bond acceptors (Lipinski definition) is 2. The molecule has 0 atom stereocenters. The summed E-state index contributed by atoms with van der Waals surface area (Å²) in [5.74, 6) is -0.0251. The first-order valence-electron chi connectivity index (χ1n) is 6.52. The number of hydrazine groups is 1. The summed E-state index contributed by atoms with van der Waals surface area (Å²) in [4.78, 5) is 23.5. The van der Waals surface area contributed by atoms with E-state index in [1.165, 1.54) is 5.01 Å². The van der Waals surface area contributed by atoms with Gasteiger partial charge in [0.2, 0.25) is 5.91 Å². The van der Waals surface area contributed by atoms with Gasteiger partial charge in [0.1, 0.15) is 0 Å². The van der Waals surface area contributed by atoms with Crippen molar-refractivity contribution in [1.82, 2.24) is 10.4 Å². The van der Waals surface area contributed by atoms with Gasteiger partial charge in [-0.2, -0.15) is 0 Å². The quantitative estimate of drug-likeness (QED) is 0.858. The van der Waals surface area contributed by atoms with Crippen molar-refractivity contribution in [2.75, 3.05) is 11.9 Å². The van der Waals surface area contributed by atoms with Gasteiger partial charge in [0.25, 0.3) is 0 Å². The molecule has 2 rings (SSSR count). The van der Waals surface area contributed by atoms with Gasteiger partial charge in [-0.1, -0.05) is 18.2 Å². The maximum Gasteiger partial charge on any atom is 0.338 e. The molecule has 5 nitrogen and oxygen atoms in total. The summed E-state index contributed by atoms with van der Waals surface area (Å²) in [5, 5.41) is 4.20. The summed E-state index contributed by atoms with van der Waals surface area (Å²) in [6, 6.07) is 5.46. The van der Waals surface area contributed by atoms with Crippen LogP contribution in [0.15, 0.2) is 18.2 Å². The number of anilines is 1. The van der Waals surface area contributed by atoms with Gasteiger partial charge < -0.3 is 5.32 Å². The van der Waals surface area contributed by atoms with Crippen molar-refractivity contribution in [1.29, 1.82) is 0 Å². The van der Waals surface area contributed by atoms with Crippen LogP contribution in [0.4, 0.5) is 10.5 Å². The lowest BCUT2D eigenvalue weighted by Crippen LogP contribution is -2.50. The van der Waals surface area contributed by atoms with Crippen molar-refractivity contribution in [3.63, 3.8) is 0 Å². The number of hydrogen-bond donors (Lipinski definition) is 2. The van der Waals surface area contributed by atoms with E-state index in [1.807, 2.05) is 32.0 Å². The fourth-order valence-electron chi connectivity index (χ4n) is 2.20. The summed E-state index contributed by atoms with van der Waals surface area (Å²) < 4.78 is 0. The number of aryl methyl sites for hydroxylation is 2. The third kappa shape index (κ3) is 3.24. The SMILES string of the molecule is Cc1cccc(C)c1NC(=O)NN1CCCCC1=O. The van der Waals surface area contributed by atoms with E-state index < -0.39 is 0 Å². The summed E-state index contributed by atoms with van der Waals surface area (Å²) in [7, 11) is 0. The van der Waals surface area contributed by atoms with E-state index in [9.17, 15) is 9.59 Å². The smallest absolute Gasteiger partial charge is 0.306 e. The molecule has 1 aromatic rings. The van der Waals surface area contributed by atoms with Gasteiger partial charge in [0.05, 0.1) is 0 Å². The van der Waals surface area contributed by atoms with Gasteiger partial charge in [-0.25, -0.2) is 10.2 Å². The molecule has 1 aromatic carbocycles. The minimum atomic E-state index is -0.368. The second-order valence-corrected chi connectivity index (χ2v) is 4.84. The molecule has 1 saturated heterocycles. The monoisotopic (exact) mass is 261 g/mol. The van der Waals surface area contributed by atoms with Crippen molar-refractivity contribution in [3.05, 3.63) is 29.3 Å². The molecule has 102 valence electrons. The highest BCUT2D eigenvalue weighted by Crippen LogP contribution is 2.19. The lowest BCUT2D eigenvalue weighted by molar-refractivity contribution is -0.135. The number of rotatable bonds is 2. The van der Waals surface area contributed by atoms with Gasteiger partial charge in [-0.3, -0.25) is 9.80 Å². The number of urea groups is 1. The van der Waals surface area contributed by atoms with Crippen LogP contribution >= 0.6 is 0 Å². The molecule has 3 amide bonds. The lowest BCUT2D eigenvalue weighted by Gasteiger charge is -2.27. The Labute approximate surface area is 112 Å². The summed E-state index contributed by atoms with van der Waals surface area (Å²) in [5.41, 5.74) is 5.40. The standard InChI is InChI=1S/C14H19N3O2/c1-10-6-5-7-11(2)13(10)15-14(19)16-17-9-4-3-8-12(17)18/h5-7H,3-4,8-9H2,1-2H3,(H2,15,16,19). The van der Waals surface area contributed by atoms with E-state index in [4.69, 9.17) is 0 Å². The minimum absolute atomic E-state index is 0.0251. The summed E-state index contributed by atoms with van der Waals surface area (Å²) in [6.07, 6.45) is 2.33. The zero-order chi connectivity index (χ0) is 13.8. The molecule has 0 radical (unpaired) electrons. The molecular weight excluding hydrogens is 242 g/mol. The van der Waals surface area contributed by atoms with E-state index in [-0.39, 0.29) is 11.9 Å². The molecule has 0 bridgehead atoms. The van der Waals surface area contributed by atoms with E-state index in [1.54, 1.807) is 0 Å². The number of nitrogens with zero attached hydrogens (tertiary/aromatic N) is 1. The van der Waals surface area contributed by atoms with Crippen LogP contribution in [0.2, 0.25) is 0 Å². The molecule has 0 aliphatic carbocycles. The number of piperidine rings is 1. The molecule has 19 heavy (non-hydrogen) atoms. The molecule has 1 aliphatic rings. The van der Waals surface area contributed by atoms with Gasteiger partial charge in [0, 0.05) is 18.7 Å². The molecule has 0 saturated carbocycles. The van der Waals surface area contributed by atoms with Crippen LogP contribution in [-0.4, -0.2) is 23.5 Å². The van der Waals surface area contributed by atoms with E-state index in [0.29, 0.717) is 13.0 Å². The highest BCUT2D eigenvalue weighted by Gasteiger charge is 2.20. The van der Waals surface area contributed by atoms with E-state index >= 15 is 0 Å². The summed E-state index contributed by atoms with van der Waals surface area (Å²) >= 11 is 0. The molecular formula is C14H19N3O2. The minimum Gasteiger partial charge on any atom is -0.306 e. The average Bonchev–Trinajstić information content (AvgIpc) is 2.37. The van der Waals surface area contributed by atoms with Crippen molar-refractivity contribution >= 4 is 17.6 Å². The van der Waals surface area contributed by atoms with Crippen molar-refractivity contribution < 1.29 is 9.59 Å². The first kappa shape index (κ1) is 13.4. The number of benzene rings is 1. The van der Waals surface area contributed by atoms with Gasteiger partial charge in [0.15, 0.2) is 0 Å². The van der Waals surface area contributed by atoms with Crippen LogP contribution in [0.3, 0.4) is 0 Å². The van der Waals surface area contributed by atoms with Crippen LogP contribution in [0.5, 0.6) is 0 Å². The van der Waals surface area contributed by atoms with Crippen LogP contribution in [-0.2, 0) is 4.79 Å². The maximum absolute atomic E-state index is 11.9. The molecule has 0 unspecified atom stereocenters. The highest BCUT2D eigenvalue weighted by molar-refractivity contribution is 5.92. The zero-order valence-corrected chi connectivity index (χ0v) is 11.3. The number of carbonyl (C=O) groups excluding carboxylic acids is 2. The normalized spacial score (nSPS) is 15.3. The number of carbonyl (C=O) groups is 2. The predicted molar refractivity (Wildman–Crippen MR) is 73.6 cm³/mol. The third-order valence-electron chi connectivity index (χ3n) is 3.28. The van der Waals surface area contributed by atoms with Crippen molar-refractivity contribution in [2.24, 2.45) is 0 Å². The molecule has 1 fully saturated rings. The fourth-order valence-corrected chi connectivity index (χ4v) is 2.20. The predicted octanol–water partition coefficient (Wildman–Crippen LogP) is 2.35. The van der Waals surface area contributed by atoms with Crippen LogP contribution in [0.25, 0.3) is 0 Å². The molecule has 5 heteroatoms. The maximum atomic E-state index is 11.9. The number of para-hydroxylation sites is 1. The summed E-state index contributed by atoms with van der Waals surface area (Å²) in [6.45, 7) is 4.46. The van der Waals surface area contributed by atoms with E-state index in [2.05, 4.69) is 10.7 Å². The Bertz CT molecular complexity index is 479. The lowest BCUT2D eigenvalue weighted by atomic mass is 10.1. The van der Waals surface area contributed by atoms with E-state index in [0.717, 1.165) is 29.7 Å². The topological polar surface area (TPSA) is 61.4 Å². The largest absolute Gasteiger partial charge is 0.338 e. The van der Waals surface area contributed by atoms with Gasteiger partial charge in [-0.05, 0) is 37.8 Å². The van der Waals surface area contributed by atoms with Crippen LogP contribution in [0, 0.1) is 13.8 Å². The van der Waals surface area contributed by atoms with Gasteiger partial charge >= 0.3 is 6.03 Å². The molecule has 1 aliphatic heterocycles. The highest BCUT2D eigenvalue weighted by atomic mass is 16.2. The van der Waals surface area contributed by atoms with Crippen molar-refractivity contribution in [2.45, 2.75) is 33.1 Å². The van der Waals surface area contributed by atoms with Crippen LogP contribution in [0.1, 0.15) is 30.4 Å². The number of nitrogens with one attached hydrogen (secondary N) is 2. The van der Waals surface area contributed by atoms with Crippen LogP contribution < -0.4 is 10.7 Å². The Hall–Kier alpha value is -2.04. The van der Waals surface area contributed by atoms with Gasteiger partial charge in [-0.15, -0.1) is 0 Å². The Balaban J connectivity index is 1.99. The Morgan fingerprint density at radius 3 is 2.53 bits per heavy atom. The second-order valence-electron chi connectivity index (χ2n) is 4.84. The first-order valence-corrected chi connectivity index (χ1v) is 6.52. The molecule has 0 aromatic heterocycles. The Morgan fingerprint density at radius 1 is 1.21 bits per heavy atom. The third-order valence-corrected chi connectivity index (χ3v) is 3.28. The Kier molecular flexibility index (Phi) is 4.04. The molecule has 0 spiro atoms. The second kappa shape index (κ2) is 5.73. The first-order chi connectivity index (χ1) is 9.08.